The number of ketones is 1. The minimum Gasteiger partial charge on any atom is -0.472 e. The van der Waals surface area contributed by atoms with Crippen molar-refractivity contribution in [2.24, 2.45) is 34.0 Å². The molecule has 10 atom stereocenters. The molecule has 1 aromatic rings. The molecule has 212 valence electrons. The molecule has 0 unspecified atom stereocenters. The summed E-state index contributed by atoms with van der Waals surface area (Å²) in [6, 6.07) is 1.73. The van der Waals surface area contributed by atoms with Gasteiger partial charge in [-0.25, -0.2) is 4.79 Å². The number of hydrogen-bond donors (Lipinski definition) is 1. The van der Waals surface area contributed by atoms with Gasteiger partial charge in [-0.3, -0.25) is 14.4 Å². The summed E-state index contributed by atoms with van der Waals surface area (Å²) in [7, 11) is 1.22. The van der Waals surface area contributed by atoms with Crippen molar-refractivity contribution in [2.75, 3.05) is 7.11 Å². The first kappa shape index (κ1) is 26.5. The molecule has 2 aliphatic heterocycles. The molecule has 3 saturated carbocycles. The number of fused-ring (bicyclic) bond motifs is 3. The van der Waals surface area contributed by atoms with Crippen LogP contribution in [0.25, 0.3) is 0 Å². The third-order valence-corrected chi connectivity index (χ3v) is 11.3. The zero-order chi connectivity index (χ0) is 28.3. The van der Waals surface area contributed by atoms with Gasteiger partial charge in [0.25, 0.3) is 0 Å². The molecule has 3 bridgehead atoms. The number of furan rings is 1. The van der Waals surface area contributed by atoms with Crippen molar-refractivity contribution in [1.29, 1.82) is 0 Å². The van der Waals surface area contributed by atoms with Crippen LogP contribution in [-0.4, -0.2) is 59.3 Å². The molecule has 2 saturated heterocycles. The molecule has 0 radical (unpaired) electrons. The van der Waals surface area contributed by atoms with E-state index in [4.69, 9.17) is 23.4 Å². The second kappa shape index (κ2) is 7.94. The summed E-state index contributed by atoms with van der Waals surface area (Å²) in [5, 5.41) is 12.9. The third kappa shape index (κ3) is 2.94. The lowest BCUT2D eigenvalue weighted by atomic mass is 9.36. The maximum Gasteiger partial charge on any atom is 0.347 e. The number of esters is 3. The SMILES string of the molecule is COC(=O)[C@H](OC(C)=O)[C@@H]1C(C)(C)[C@H]2O[C@]34C[C@H]2C(=O)[C@@]1(C)[C@@H]3CC[C@@]1(C)[C@H](c2ccoc2)OC(=O)C[C@@]14O. The molecule has 5 fully saturated rings. The first-order chi connectivity index (χ1) is 18.2. The monoisotopic (exact) mass is 544 g/mol. The van der Waals surface area contributed by atoms with Crippen molar-refractivity contribution in [2.45, 2.75) is 89.8 Å². The fourth-order valence-electron chi connectivity index (χ4n) is 9.84. The van der Waals surface area contributed by atoms with Crippen LogP contribution in [0.3, 0.4) is 0 Å². The van der Waals surface area contributed by atoms with E-state index in [0.29, 0.717) is 18.4 Å². The Morgan fingerprint density at radius 1 is 1.18 bits per heavy atom. The number of ether oxygens (including phenoxy) is 4. The lowest BCUT2D eigenvalue weighted by Gasteiger charge is -2.68. The van der Waals surface area contributed by atoms with E-state index in [9.17, 15) is 24.3 Å². The van der Waals surface area contributed by atoms with Crippen molar-refractivity contribution in [3.05, 3.63) is 24.2 Å². The Bertz CT molecular complexity index is 1250. The Morgan fingerprint density at radius 3 is 2.51 bits per heavy atom. The average Bonchev–Trinajstić information content (AvgIpc) is 3.50. The third-order valence-electron chi connectivity index (χ3n) is 11.3. The van der Waals surface area contributed by atoms with Crippen molar-refractivity contribution in [3.63, 3.8) is 0 Å². The van der Waals surface area contributed by atoms with Crippen LogP contribution in [0.2, 0.25) is 0 Å². The lowest BCUT2D eigenvalue weighted by molar-refractivity contribution is -0.317. The highest BCUT2D eigenvalue weighted by molar-refractivity contribution is 5.93. The van der Waals surface area contributed by atoms with Crippen LogP contribution in [0.1, 0.15) is 72.0 Å². The van der Waals surface area contributed by atoms with Crippen molar-refractivity contribution >= 4 is 23.7 Å². The summed E-state index contributed by atoms with van der Waals surface area (Å²) in [5.74, 6) is -3.91. The molecule has 1 spiro atoms. The predicted molar refractivity (Wildman–Crippen MR) is 132 cm³/mol. The summed E-state index contributed by atoms with van der Waals surface area (Å²) in [4.78, 5) is 52.7. The largest absolute Gasteiger partial charge is 0.472 e. The smallest absolute Gasteiger partial charge is 0.347 e. The van der Waals surface area contributed by atoms with E-state index in [-0.39, 0.29) is 18.6 Å². The summed E-state index contributed by atoms with van der Waals surface area (Å²) < 4.78 is 28.8. The molecule has 3 heterocycles. The predicted octanol–water partition coefficient (Wildman–Crippen LogP) is 2.91. The molecule has 1 N–H and O–H groups in total. The average molecular weight is 545 g/mol. The molecule has 3 aliphatic carbocycles. The Hall–Kier alpha value is -2.72. The van der Waals surface area contributed by atoms with E-state index in [1.54, 1.807) is 6.07 Å². The van der Waals surface area contributed by atoms with Crippen LogP contribution in [0.15, 0.2) is 23.0 Å². The number of hydrogen-bond acceptors (Lipinski definition) is 10. The lowest BCUT2D eigenvalue weighted by Crippen LogP contribution is -2.77. The fourth-order valence-corrected chi connectivity index (χ4v) is 9.84. The molecule has 10 heteroatoms. The second-order valence-corrected chi connectivity index (χ2v) is 13.2. The minimum absolute atomic E-state index is 0.0621. The topological polar surface area (TPSA) is 139 Å². The zero-order valence-electron chi connectivity index (χ0n) is 23.1. The highest BCUT2D eigenvalue weighted by Gasteiger charge is 2.85. The molecule has 5 aliphatic rings. The summed E-state index contributed by atoms with van der Waals surface area (Å²) >= 11 is 0. The van der Waals surface area contributed by atoms with Crippen LogP contribution in [0.4, 0.5) is 0 Å². The van der Waals surface area contributed by atoms with Gasteiger partial charge >= 0.3 is 17.9 Å². The number of carbonyl (C=O) groups excluding carboxylic acids is 4. The molecule has 6 rings (SSSR count). The van der Waals surface area contributed by atoms with Crippen molar-refractivity contribution in [1.82, 2.24) is 0 Å². The Balaban J connectivity index is 1.55. The van der Waals surface area contributed by atoms with Gasteiger partial charge < -0.3 is 28.5 Å². The fraction of sp³-hybridized carbons (Fsp3) is 0.724. The summed E-state index contributed by atoms with van der Waals surface area (Å²) in [6.07, 6.45) is 1.11. The van der Waals surface area contributed by atoms with Gasteiger partial charge in [-0.05, 0) is 30.7 Å². The quantitative estimate of drug-likeness (QED) is 0.445. The maximum absolute atomic E-state index is 14.3. The molecule has 39 heavy (non-hydrogen) atoms. The van der Waals surface area contributed by atoms with E-state index in [0.717, 1.165) is 0 Å². The highest BCUT2D eigenvalue weighted by Crippen LogP contribution is 2.77. The summed E-state index contributed by atoms with van der Waals surface area (Å²) in [6.45, 7) is 8.79. The molecular weight excluding hydrogens is 508 g/mol. The second-order valence-electron chi connectivity index (χ2n) is 13.2. The standard InChI is InChI=1S/C29H36O10/c1-14(30)37-19(24(33)35-6)20-25(2,3)23-16-11-28(39-23)17(27(20,5)21(16)32)7-9-26(4)22(15-8-10-36-13-15)38-18(31)12-29(26,28)34/h8,10,13,16-17,19-20,22-23,34H,7,9,11-12H2,1-6H3/t16-,17-,19+,20+,22-,23-,26-,27-,28+,29+/m0/s1. The van der Waals surface area contributed by atoms with Gasteiger partial charge in [-0.1, -0.05) is 27.7 Å². The van der Waals surface area contributed by atoms with E-state index < -0.39 is 81.4 Å². The van der Waals surface area contributed by atoms with Gasteiger partial charge in [0.1, 0.15) is 23.1 Å². The number of carbonyl (C=O) groups is 4. The number of methoxy groups -OCH3 is 1. The molecular formula is C29H36O10. The zero-order valence-corrected chi connectivity index (χ0v) is 23.1. The minimum atomic E-state index is -1.68. The van der Waals surface area contributed by atoms with Crippen molar-refractivity contribution in [3.8, 4) is 0 Å². The van der Waals surface area contributed by atoms with Gasteiger partial charge in [0.05, 0.1) is 32.2 Å². The number of rotatable bonds is 4. The Labute approximate surface area is 226 Å². The molecule has 10 nitrogen and oxygen atoms in total. The van der Waals surface area contributed by atoms with Gasteiger partial charge in [0.15, 0.2) is 0 Å². The van der Waals surface area contributed by atoms with Crippen LogP contribution >= 0.6 is 0 Å². The van der Waals surface area contributed by atoms with Crippen LogP contribution < -0.4 is 0 Å². The van der Waals surface area contributed by atoms with Gasteiger partial charge in [-0.15, -0.1) is 0 Å². The first-order valence-electron chi connectivity index (χ1n) is 13.6. The van der Waals surface area contributed by atoms with E-state index in [1.165, 1.54) is 26.6 Å². The molecule has 1 aromatic heterocycles. The van der Waals surface area contributed by atoms with Crippen molar-refractivity contribution < 1.29 is 47.6 Å². The van der Waals surface area contributed by atoms with Gasteiger partial charge in [-0.2, -0.15) is 0 Å². The maximum atomic E-state index is 14.3. The first-order valence-corrected chi connectivity index (χ1v) is 13.6. The van der Waals surface area contributed by atoms with E-state index >= 15 is 0 Å². The number of cyclic esters (lactones) is 1. The van der Waals surface area contributed by atoms with Crippen LogP contribution in [0, 0.1) is 34.0 Å². The van der Waals surface area contributed by atoms with E-state index in [1.807, 2.05) is 27.7 Å². The van der Waals surface area contributed by atoms with Crippen LogP contribution in [0.5, 0.6) is 0 Å². The van der Waals surface area contributed by atoms with Crippen LogP contribution in [-0.2, 0) is 38.1 Å². The Kier molecular flexibility index (Phi) is 5.39. The normalized spacial score (nSPS) is 46.1. The van der Waals surface area contributed by atoms with Gasteiger partial charge in [0, 0.05) is 41.1 Å². The van der Waals surface area contributed by atoms with E-state index in [2.05, 4.69) is 0 Å². The number of Topliss-reactive ketones (excluding diaryl/α,β-unsaturated/α-hetero) is 1. The Morgan fingerprint density at radius 2 is 1.90 bits per heavy atom. The number of aliphatic hydroxyl groups is 1. The highest BCUT2D eigenvalue weighted by atomic mass is 16.6. The molecule has 0 aromatic carbocycles. The summed E-state index contributed by atoms with van der Waals surface area (Å²) in [5.41, 5.74) is -5.27. The molecule has 0 amide bonds. The van der Waals surface area contributed by atoms with Gasteiger partial charge in [0.2, 0.25) is 6.10 Å².